The largest absolute Gasteiger partial charge is 0.492 e. The smallest absolute Gasteiger partial charge is 0.270 e. The van der Waals surface area contributed by atoms with Crippen molar-refractivity contribution in [2.75, 3.05) is 44.2 Å². The van der Waals surface area contributed by atoms with Crippen LogP contribution in [0, 0.1) is 10.1 Å². The number of rotatable bonds is 7. The average Bonchev–Trinajstić information content (AvgIpc) is 2.68. The Hall–Kier alpha value is -2.69. The zero-order valence-corrected chi connectivity index (χ0v) is 16.0. The van der Waals surface area contributed by atoms with Crippen molar-refractivity contribution in [3.63, 3.8) is 0 Å². The van der Waals surface area contributed by atoms with E-state index in [-0.39, 0.29) is 10.6 Å². The summed E-state index contributed by atoms with van der Waals surface area (Å²) in [7, 11) is -4.08. The summed E-state index contributed by atoms with van der Waals surface area (Å²) in [5, 5.41) is 16.2. The lowest BCUT2D eigenvalue weighted by Crippen LogP contribution is -2.48. The zero-order chi connectivity index (χ0) is 20.1. The highest BCUT2D eigenvalue weighted by Crippen LogP contribution is 2.29. The van der Waals surface area contributed by atoms with Gasteiger partial charge in [0.25, 0.3) is 5.69 Å². The van der Waals surface area contributed by atoms with Crippen LogP contribution in [0.25, 0.3) is 0 Å². The number of non-ortho nitro benzene ring substituents is 1. The highest BCUT2D eigenvalue weighted by Gasteiger charge is 2.25. The molecule has 1 aliphatic heterocycles. The van der Waals surface area contributed by atoms with Crippen molar-refractivity contribution in [3.8, 4) is 5.75 Å². The van der Waals surface area contributed by atoms with Gasteiger partial charge in [0.15, 0.2) is 0 Å². The minimum Gasteiger partial charge on any atom is -0.492 e. The molecule has 0 amide bonds. The molecule has 10 heteroatoms. The molecule has 1 saturated heterocycles. The summed E-state index contributed by atoms with van der Waals surface area (Å²) in [5.41, 5.74) is 0.0951. The summed E-state index contributed by atoms with van der Waals surface area (Å²) in [6.45, 7) is 3.94. The first-order valence-electron chi connectivity index (χ1n) is 8.81. The van der Waals surface area contributed by atoms with E-state index >= 15 is 0 Å². The van der Waals surface area contributed by atoms with Gasteiger partial charge in [-0.3, -0.25) is 15.0 Å². The van der Waals surface area contributed by atoms with Crippen molar-refractivity contribution in [1.29, 1.82) is 0 Å². The van der Waals surface area contributed by atoms with Crippen LogP contribution >= 0.6 is 0 Å². The Kier molecular flexibility index (Phi) is 6.12. The van der Waals surface area contributed by atoms with E-state index in [9.17, 15) is 18.5 Å². The fraction of sp³-hybridized carbons (Fsp3) is 0.333. The molecule has 0 spiro atoms. The normalized spacial score (nSPS) is 15.4. The number of nitro groups is 1. The predicted octanol–water partition coefficient (Wildman–Crippen LogP) is 1.44. The van der Waals surface area contributed by atoms with Crippen LogP contribution in [-0.2, 0) is 10.0 Å². The van der Waals surface area contributed by atoms with Crippen LogP contribution in [0.4, 0.5) is 11.4 Å². The molecule has 0 aliphatic carbocycles. The standard InChI is InChI=1S/C18H22N4O5S/c19-28(25,26)18-14-15(22(23)24)6-7-17(18)21-10-8-20(9-11-21)12-13-27-16-4-2-1-3-5-16/h1-7,14H,8-13H2,(H2,19,25,26). The number of nitrogens with zero attached hydrogens (tertiary/aromatic N) is 3. The molecular weight excluding hydrogens is 384 g/mol. The van der Waals surface area contributed by atoms with Gasteiger partial charge in [0.2, 0.25) is 10.0 Å². The molecule has 28 heavy (non-hydrogen) atoms. The maximum Gasteiger partial charge on any atom is 0.270 e. The Bertz CT molecular complexity index is 928. The number of hydrogen-bond donors (Lipinski definition) is 1. The van der Waals surface area contributed by atoms with E-state index in [0.29, 0.717) is 25.4 Å². The molecule has 1 fully saturated rings. The average molecular weight is 406 g/mol. The summed E-state index contributed by atoms with van der Waals surface area (Å²) < 4.78 is 29.5. The molecule has 1 aliphatic rings. The van der Waals surface area contributed by atoms with E-state index in [1.54, 1.807) is 0 Å². The maximum absolute atomic E-state index is 11.9. The van der Waals surface area contributed by atoms with Crippen LogP contribution in [0.2, 0.25) is 0 Å². The molecule has 3 rings (SSSR count). The first-order valence-corrected chi connectivity index (χ1v) is 10.4. The second-order valence-electron chi connectivity index (χ2n) is 6.44. The maximum atomic E-state index is 11.9. The third-order valence-corrected chi connectivity index (χ3v) is 5.53. The zero-order valence-electron chi connectivity index (χ0n) is 15.2. The first-order chi connectivity index (χ1) is 13.3. The molecule has 2 N–H and O–H groups in total. The van der Waals surface area contributed by atoms with Gasteiger partial charge in [-0.15, -0.1) is 0 Å². The summed E-state index contributed by atoms with van der Waals surface area (Å²) in [6, 6.07) is 13.3. The van der Waals surface area contributed by atoms with E-state index < -0.39 is 14.9 Å². The van der Waals surface area contributed by atoms with Crippen LogP contribution in [0.15, 0.2) is 53.4 Å². The monoisotopic (exact) mass is 406 g/mol. The number of anilines is 1. The highest BCUT2D eigenvalue weighted by atomic mass is 32.2. The Morgan fingerprint density at radius 2 is 1.75 bits per heavy atom. The number of primary sulfonamides is 1. The second-order valence-corrected chi connectivity index (χ2v) is 7.97. The van der Waals surface area contributed by atoms with E-state index in [0.717, 1.165) is 31.5 Å². The number of nitro benzene ring substituents is 1. The third kappa shape index (κ3) is 4.97. The Morgan fingerprint density at radius 1 is 1.07 bits per heavy atom. The molecule has 0 saturated carbocycles. The molecule has 0 atom stereocenters. The van der Waals surface area contributed by atoms with Crippen LogP contribution in [0.5, 0.6) is 5.75 Å². The summed E-state index contributed by atoms with van der Waals surface area (Å²) in [4.78, 5) is 14.2. The fourth-order valence-electron chi connectivity index (χ4n) is 3.13. The van der Waals surface area contributed by atoms with Gasteiger partial charge in [-0.2, -0.15) is 0 Å². The van der Waals surface area contributed by atoms with Gasteiger partial charge in [-0.25, -0.2) is 13.6 Å². The van der Waals surface area contributed by atoms with Gasteiger partial charge in [0.1, 0.15) is 17.3 Å². The summed E-state index contributed by atoms with van der Waals surface area (Å²) >= 11 is 0. The Balaban J connectivity index is 1.61. The van der Waals surface area contributed by atoms with Crippen LogP contribution in [-0.4, -0.2) is 57.6 Å². The third-order valence-electron chi connectivity index (χ3n) is 4.59. The van der Waals surface area contributed by atoms with Gasteiger partial charge in [-0.1, -0.05) is 18.2 Å². The predicted molar refractivity (Wildman–Crippen MR) is 105 cm³/mol. The minimum atomic E-state index is -4.08. The summed E-state index contributed by atoms with van der Waals surface area (Å²) in [5.74, 6) is 0.824. The second kappa shape index (κ2) is 8.55. The van der Waals surface area contributed by atoms with Crippen molar-refractivity contribution in [2.45, 2.75) is 4.90 Å². The highest BCUT2D eigenvalue weighted by molar-refractivity contribution is 7.89. The van der Waals surface area contributed by atoms with Gasteiger partial charge < -0.3 is 9.64 Å². The molecule has 1 heterocycles. The molecule has 0 unspecified atom stereocenters. The summed E-state index contributed by atoms with van der Waals surface area (Å²) in [6.07, 6.45) is 0. The fourth-order valence-corrected chi connectivity index (χ4v) is 3.90. The quantitative estimate of drug-likeness (QED) is 0.546. The molecule has 150 valence electrons. The number of hydrogen-bond acceptors (Lipinski definition) is 7. The molecule has 9 nitrogen and oxygen atoms in total. The molecule has 2 aromatic rings. The van der Waals surface area contributed by atoms with E-state index in [2.05, 4.69) is 4.90 Å². The van der Waals surface area contributed by atoms with E-state index in [4.69, 9.17) is 9.88 Å². The lowest BCUT2D eigenvalue weighted by Gasteiger charge is -2.36. The van der Waals surface area contributed by atoms with Crippen molar-refractivity contribution in [2.24, 2.45) is 5.14 Å². The van der Waals surface area contributed by atoms with Crippen molar-refractivity contribution in [3.05, 3.63) is 58.6 Å². The Morgan fingerprint density at radius 3 is 2.36 bits per heavy atom. The molecule has 0 bridgehead atoms. The van der Waals surface area contributed by atoms with Gasteiger partial charge >= 0.3 is 0 Å². The van der Waals surface area contributed by atoms with Crippen LogP contribution in [0.1, 0.15) is 0 Å². The van der Waals surface area contributed by atoms with E-state index in [1.807, 2.05) is 35.2 Å². The Labute approximate surface area is 163 Å². The number of piperazine rings is 1. The van der Waals surface area contributed by atoms with Crippen molar-refractivity contribution in [1.82, 2.24) is 4.90 Å². The van der Waals surface area contributed by atoms with Gasteiger partial charge in [0, 0.05) is 44.9 Å². The number of benzene rings is 2. The van der Waals surface area contributed by atoms with Crippen molar-refractivity contribution >= 4 is 21.4 Å². The molecule has 0 aromatic heterocycles. The molecule has 0 radical (unpaired) electrons. The topological polar surface area (TPSA) is 119 Å². The number of nitrogens with two attached hydrogens (primary N) is 1. The van der Waals surface area contributed by atoms with Crippen LogP contribution < -0.4 is 14.8 Å². The lowest BCUT2D eigenvalue weighted by molar-refractivity contribution is -0.385. The molecule has 2 aromatic carbocycles. The van der Waals surface area contributed by atoms with Gasteiger partial charge in [0.05, 0.1) is 10.6 Å². The number of ether oxygens (including phenoxy) is 1. The SMILES string of the molecule is NS(=O)(=O)c1cc([N+](=O)[O-])ccc1N1CCN(CCOc2ccccc2)CC1. The molecular formula is C18H22N4O5S. The van der Waals surface area contributed by atoms with Crippen molar-refractivity contribution < 1.29 is 18.1 Å². The van der Waals surface area contributed by atoms with Crippen LogP contribution in [0.3, 0.4) is 0 Å². The minimum absolute atomic E-state index is 0.220. The number of para-hydroxylation sites is 1. The number of sulfonamides is 1. The first kappa shape index (κ1) is 20.1. The van der Waals surface area contributed by atoms with Gasteiger partial charge in [-0.05, 0) is 18.2 Å². The lowest BCUT2D eigenvalue weighted by atomic mass is 10.2. The van der Waals surface area contributed by atoms with E-state index in [1.165, 1.54) is 12.1 Å².